The number of nitrogen functional groups attached to an aromatic ring is 1. The van der Waals surface area contributed by atoms with Gasteiger partial charge in [-0.3, -0.25) is 0 Å². The Bertz CT molecular complexity index is 670. The van der Waals surface area contributed by atoms with Gasteiger partial charge in [0.05, 0.1) is 18.5 Å². The second-order valence-electron chi connectivity index (χ2n) is 5.35. The molecule has 0 unspecified atom stereocenters. The molecule has 0 aromatic heterocycles. The SMILES string of the molecule is COc1cc(Nc2cccc3c2CCCC3)c(F)cc1N. The molecule has 0 spiro atoms. The molecule has 2 aromatic carbocycles. The molecular weight excluding hydrogens is 267 g/mol. The number of fused-ring (bicyclic) bond motifs is 1. The van der Waals surface area contributed by atoms with E-state index in [9.17, 15) is 4.39 Å². The molecule has 1 aliphatic rings. The Morgan fingerprint density at radius 1 is 1.14 bits per heavy atom. The molecule has 3 rings (SSSR count). The van der Waals surface area contributed by atoms with Crippen molar-refractivity contribution in [1.29, 1.82) is 0 Å². The van der Waals surface area contributed by atoms with Crippen LogP contribution in [0.5, 0.6) is 5.75 Å². The standard InChI is InChI=1S/C17H19FN2O/c1-21-17-10-16(13(18)9-14(17)19)20-15-8-4-6-11-5-2-3-7-12(11)15/h4,6,8-10,20H,2-3,5,7,19H2,1H3. The molecule has 0 bridgehead atoms. The number of hydrogen-bond donors (Lipinski definition) is 2. The van der Waals surface area contributed by atoms with Gasteiger partial charge in [0.1, 0.15) is 11.6 Å². The molecule has 0 atom stereocenters. The van der Waals surface area contributed by atoms with Crippen LogP contribution in [0.15, 0.2) is 30.3 Å². The maximum Gasteiger partial charge on any atom is 0.148 e. The lowest BCUT2D eigenvalue weighted by molar-refractivity contribution is 0.416. The van der Waals surface area contributed by atoms with Gasteiger partial charge in [0.15, 0.2) is 0 Å². The topological polar surface area (TPSA) is 47.3 Å². The van der Waals surface area contributed by atoms with Crippen molar-refractivity contribution in [2.45, 2.75) is 25.7 Å². The maximum absolute atomic E-state index is 14.1. The molecule has 3 N–H and O–H groups in total. The summed E-state index contributed by atoms with van der Waals surface area (Å²) in [5.41, 5.74) is 10.0. The van der Waals surface area contributed by atoms with Crippen LogP contribution >= 0.6 is 0 Å². The number of aryl methyl sites for hydroxylation is 1. The number of rotatable bonds is 3. The van der Waals surface area contributed by atoms with E-state index in [4.69, 9.17) is 10.5 Å². The van der Waals surface area contributed by atoms with Crippen LogP contribution in [0.3, 0.4) is 0 Å². The van der Waals surface area contributed by atoms with Crippen LogP contribution in [0.25, 0.3) is 0 Å². The summed E-state index contributed by atoms with van der Waals surface area (Å²) >= 11 is 0. The molecule has 4 heteroatoms. The first-order valence-corrected chi connectivity index (χ1v) is 7.20. The molecule has 0 fully saturated rings. The largest absolute Gasteiger partial charge is 0.495 e. The summed E-state index contributed by atoms with van der Waals surface area (Å²) in [6.45, 7) is 0. The molecule has 0 radical (unpaired) electrons. The molecular formula is C17H19FN2O. The highest BCUT2D eigenvalue weighted by Gasteiger charge is 2.15. The molecule has 3 nitrogen and oxygen atoms in total. The fourth-order valence-corrected chi connectivity index (χ4v) is 2.88. The number of methoxy groups -OCH3 is 1. The number of hydrogen-bond acceptors (Lipinski definition) is 3. The summed E-state index contributed by atoms with van der Waals surface area (Å²) in [6, 6.07) is 9.05. The number of benzene rings is 2. The summed E-state index contributed by atoms with van der Waals surface area (Å²) < 4.78 is 19.2. The van der Waals surface area contributed by atoms with Crippen LogP contribution < -0.4 is 15.8 Å². The highest BCUT2D eigenvalue weighted by atomic mass is 19.1. The van der Waals surface area contributed by atoms with E-state index in [2.05, 4.69) is 11.4 Å². The highest BCUT2D eigenvalue weighted by molar-refractivity contribution is 5.70. The molecule has 1 aliphatic carbocycles. The van der Waals surface area contributed by atoms with Crippen LogP contribution in [-0.4, -0.2) is 7.11 Å². The average Bonchev–Trinajstić information content (AvgIpc) is 2.50. The van der Waals surface area contributed by atoms with Gasteiger partial charge in [-0.25, -0.2) is 4.39 Å². The zero-order valence-corrected chi connectivity index (χ0v) is 12.1. The Kier molecular flexibility index (Phi) is 3.69. The Balaban J connectivity index is 1.97. The van der Waals surface area contributed by atoms with Crippen molar-refractivity contribution in [3.8, 4) is 5.75 Å². The predicted octanol–water partition coefficient (Wildman–Crippen LogP) is 4.04. The lowest BCUT2D eigenvalue weighted by Crippen LogP contribution is -2.07. The van der Waals surface area contributed by atoms with E-state index < -0.39 is 0 Å². The van der Waals surface area contributed by atoms with Crippen molar-refractivity contribution in [3.63, 3.8) is 0 Å². The average molecular weight is 286 g/mol. The minimum atomic E-state index is -0.373. The van der Waals surface area contributed by atoms with Crippen molar-refractivity contribution < 1.29 is 9.13 Å². The van der Waals surface area contributed by atoms with Crippen LogP contribution in [0.2, 0.25) is 0 Å². The second kappa shape index (κ2) is 5.64. The van der Waals surface area contributed by atoms with Gasteiger partial charge >= 0.3 is 0 Å². The summed E-state index contributed by atoms with van der Waals surface area (Å²) in [7, 11) is 1.53. The van der Waals surface area contributed by atoms with Gasteiger partial charge in [-0.1, -0.05) is 12.1 Å². The third-order valence-corrected chi connectivity index (χ3v) is 3.98. The van der Waals surface area contributed by atoms with Crippen molar-refractivity contribution >= 4 is 17.1 Å². The maximum atomic E-state index is 14.1. The molecule has 2 aromatic rings. The summed E-state index contributed by atoms with van der Waals surface area (Å²) in [5, 5.41) is 3.19. The van der Waals surface area contributed by atoms with E-state index in [1.54, 1.807) is 6.07 Å². The second-order valence-corrected chi connectivity index (χ2v) is 5.35. The van der Waals surface area contributed by atoms with Crippen LogP contribution in [-0.2, 0) is 12.8 Å². The molecule has 0 amide bonds. The lowest BCUT2D eigenvalue weighted by Gasteiger charge is -2.20. The minimum Gasteiger partial charge on any atom is -0.495 e. The summed E-state index contributed by atoms with van der Waals surface area (Å²) in [6.07, 6.45) is 4.53. The minimum absolute atomic E-state index is 0.302. The highest BCUT2D eigenvalue weighted by Crippen LogP contribution is 2.33. The zero-order chi connectivity index (χ0) is 14.8. The normalized spacial score (nSPS) is 13.6. The number of ether oxygens (including phenoxy) is 1. The first-order chi connectivity index (χ1) is 10.2. The Labute approximate surface area is 123 Å². The predicted molar refractivity (Wildman–Crippen MR) is 83.7 cm³/mol. The van der Waals surface area contributed by atoms with Crippen LogP contribution in [0.4, 0.5) is 21.5 Å². The molecule has 21 heavy (non-hydrogen) atoms. The van der Waals surface area contributed by atoms with Crippen molar-refractivity contribution in [1.82, 2.24) is 0 Å². The van der Waals surface area contributed by atoms with Crippen molar-refractivity contribution in [2.75, 3.05) is 18.2 Å². The van der Waals surface area contributed by atoms with Crippen LogP contribution in [0.1, 0.15) is 24.0 Å². The molecule has 110 valence electrons. The lowest BCUT2D eigenvalue weighted by atomic mass is 9.90. The van der Waals surface area contributed by atoms with Gasteiger partial charge in [-0.2, -0.15) is 0 Å². The van der Waals surface area contributed by atoms with E-state index in [1.165, 1.54) is 37.1 Å². The van der Waals surface area contributed by atoms with Gasteiger partial charge in [0.2, 0.25) is 0 Å². The molecule has 0 aliphatic heterocycles. The van der Waals surface area contributed by atoms with Crippen molar-refractivity contribution in [3.05, 3.63) is 47.3 Å². The first-order valence-electron chi connectivity index (χ1n) is 7.20. The van der Waals surface area contributed by atoms with E-state index in [1.807, 2.05) is 12.1 Å². The van der Waals surface area contributed by atoms with Gasteiger partial charge in [-0.15, -0.1) is 0 Å². The number of nitrogens with two attached hydrogens (primary N) is 1. The quantitative estimate of drug-likeness (QED) is 0.837. The summed E-state index contributed by atoms with van der Waals surface area (Å²) in [4.78, 5) is 0. The summed E-state index contributed by atoms with van der Waals surface area (Å²) in [5.74, 6) is 0.102. The Hall–Kier alpha value is -2.23. The van der Waals surface area contributed by atoms with Gasteiger partial charge in [0, 0.05) is 17.8 Å². The Morgan fingerprint density at radius 2 is 1.95 bits per heavy atom. The molecule has 0 saturated carbocycles. The van der Waals surface area contributed by atoms with E-state index in [0.29, 0.717) is 17.1 Å². The van der Waals surface area contributed by atoms with Crippen LogP contribution in [0, 0.1) is 5.82 Å². The number of halogens is 1. The van der Waals surface area contributed by atoms with E-state index >= 15 is 0 Å². The fraction of sp³-hybridized carbons (Fsp3) is 0.294. The van der Waals surface area contributed by atoms with Crippen molar-refractivity contribution in [2.24, 2.45) is 0 Å². The number of nitrogens with one attached hydrogen (secondary N) is 1. The van der Waals surface area contributed by atoms with E-state index in [0.717, 1.165) is 18.5 Å². The molecule has 0 heterocycles. The first kappa shape index (κ1) is 13.7. The number of anilines is 3. The molecule has 0 saturated heterocycles. The fourth-order valence-electron chi connectivity index (χ4n) is 2.88. The monoisotopic (exact) mass is 286 g/mol. The van der Waals surface area contributed by atoms with Gasteiger partial charge in [0.25, 0.3) is 0 Å². The smallest absolute Gasteiger partial charge is 0.148 e. The van der Waals surface area contributed by atoms with E-state index in [-0.39, 0.29) is 5.82 Å². The third kappa shape index (κ3) is 2.66. The Morgan fingerprint density at radius 3 is 2.76 bits per heavy atom. The van der Waals surface area contributed by atoms with Gasteiger partial charge in [-0.05, 0) is 42.9 Å². The third-order valence-electron chi connectivity index (χ3n) is 3.98. The van der Waals surface area contributed by atoms with Gasteiger partial charge < -0.3 is 15.8 Å². The zero-order valence-electron chi connectivity index (χ0n) is 12.1.